The van der Waals surface area contributed by atoms with E-state index in [9.17, 15) is 0 Å². The molecule has 0 heterocycles. The van der Waals surface area contributed by atoms with Crippen molar-refractivity contribution in [2.45, 2.75) is 38.3 Å². The number of rotatable bonds is 6. The van der Waals surface area contributed by atoms with Crippen molar-refractivity contribution in [2.75, 3.05) is 13.7 Å². The van der Waals surface area contributed by atoms with Crippen LogP contribution in [0.5, 0.6) is 11.5 Å². The van der Waals surface area contributed by atoms with Crippen molar-refractivity contribution in [1.82, 2.24) is 5.32 Å². The number of methoxy groups -OCH3 is 1. The molecule has 0 unspecified atom stereocenters. The number of nitrogens with one attached hydrogen (secondary N) is 1. The molecule has 1 saturated carbocycles. The summed E-state index contributed by atoms with van der Waals surface area (Å²) in [5, 5.41) is 3.59. The summed E-state index contributed by atoms with van der Waals surface area (Å²) in [6.45, 7) is 1.07. The van der Waals surface area contributed by atoms with Gasteiger partial charge in [0.15, 0.2) is 11.5 Å². The van der Waals surface area contributed by atoms with E-state index < -0.39 is 0 Å². The van der Waals surface area contributed by atoms with Gasteiger partial charge in [-0.05, 0) is 30.5 Å². The molecule has 3 nitrogen and oxygen atoms in total. The van der Waals surface area contributed by atoms with E-state index in [0.29, 0.717) is 17.5 Å². The Morgan fingerprint density at radius 1 is 1.33 bits per heavy atom. The highest BCUT2D eigenvalue weighted by molar-refractivity contribution is 9.10. The van der Waals surface area contributed by atoms with Crippen LogP contribution in [-0.4, -0.2) is 19.8 Å². The van der Waals surface area contributed by atoms with Crippen molar-refractivity contribution in [3.05, 3.63) is 22.2 Å². The minimum Gasteiger partial charge on any atom is -0.493 e. The van der Waals surface area contributed by atoms with Crippen molar-refractivity contribution >= 4 is 28.3 Å². The Hall–Kier alpha value is -0.890. The van der Waals surface area contributed by atoms with Crippen LogP contribution < -0.4 is 14.8 Å². The third-order valence-electron chi connectivity index (χ3n) is 3.58. The Kier molecular flexibility index (Phi) is 7.95. The number of hydrogen-bond donors (Lipinski definition) is 1. The number of ether oxygens (including phenoxy) is 2. The van der Waals surface area contributed by atoms with Crippen LogP contribution in [0.25, 0.3) is 0 Å². The smallest absolute Gasteiger partial charge is 0.163 e. The minimum atomic E-state index is 0. The molecule has 5 heteroatoms. The quantitative estimate of drug-likeness (QED) is 0.766. The zero-order chi connectivity index (χ0) is 14.4. The van der Waals surface area contributed by atoms with Crippen molar-refractivity contribution in [3.8, 4) is 23.8 Å². The van der Waals surface area contributed by atoms with E-state index in [-0.39, 0.29) is 19.0 Å². The number of terminal acetylenes is 1. The molecular weight excluding hydrogens is 354 g/mol. The van der Waals surface area contributed by atoms with Crippen LogP contribution in [0.2, 0.25) is 0 Å². The Balaban J connectivity index is 0.00000220. The summed E-state index contributed by atoms with van der Waals surface area (Å²) in [7, 11) is 1.64. The highest BCUT2D eigenvalue weighted by atomic mass is 79.9. The van der Waals surface area contributed by atoms with Crippen molar-refractivity contribution < 1.29 is 9.47 Å². The monoisotopic (exact) mass is 373 g/mol. The van der Waals surface area contributed by atoms with Crippen LogP contribution in [0.1, 0.15) is 31.2 Å². The van der Waals surface area contributed by atoms with E-state index >= 15 is 0 Å². The molecule has 116 valence electrons. The Morgan fingerprint density at radius 3 is 2.67 bits per heavy atom. The van der Waals surface area contributed by atoms with Crippen molar-refractivity contribution in [3.63, 3.8) is 0 Å². The third kappa shape index (κ3) is 5.10. The van der Waals surface area contributed by atoms with Gasteiger partial charge in [0.25, 0.3) is 0 Å². The highest BCUT2D eigenvalue weighted by Crippen LogP contribution is 2.33. The number of halogens is 2. The Morgan fingerprint density at radius 2 is 2.05 bits per heavy atom. The second kappa shape index (κ2) is 9.19. The number of hydrogen-bond acceptors (Lipinski definition) is 3. The van der Waals surface area contributed by atoms with Crippen LogP contribution in [0, 0.1) is 12.3 Å². The Bertz CT molecular complexity index is 496. The molecule has 0 bridgehead atoms. The van der Waals surface area contributed by atoms with Crippen molar-refractivity contribution in [2.24, 2.45) is 0 Å². The summed E-state index contributed by atoms with van der Waals surface area (Å²) in [6, 6.07) is 4.56. The van der Waals surface area contributed by atoms with E-state index in [4.69, 9.17) is 15.9 Å². The lowest BCUT2D eigenvalue weighted by molar-refractivity contribution is 0.330. The van der Waals surface area contributed by atoms with Crippen LogP contribution >= 0.6 is 28.3 Å². The maximum atomic E-state index is 5.48. The molecule has 1 aromatic carbocycles. The largest absolute Gasteiger partial charge is 0.493 e. The minimum absolute atomic E-state index is 0. The van der Waals surface area contributed by atoms with Crippen LogP contribution in [0.15, 0.2) is 16.6 Å². The maximum Gasteiger partial charge on any atom is 0.163 e. The topological polar surface area (TPSA) is 30.5 Å². The molecule has 2 rings (SSSR count). The second-order valence-corrected chi connectivity index (χ2v) is 5.80. The molecule has 1 N–H and O–H groups in total. The van der Waals surface area contributed by atoms with Gasteiger partial charge in [-0.25, -0.2) is 0 Å². The van der Waals surface area contributed by atoms with Gasteiger partial charge in [0.05, 0.1) is 7.11 Å². The first-order chi connectivity index (χ1) is 9.74. The summed E-state index contributed by atoms with van der Waals surface area (Å²) in [5.41, 5.74) is 1.17. The molecule has 1 aromatic rings. The fourth-order valence-corrected chi connectivity index (χ4v) is 2.95. The Labute approximate surface area is 141 Å². The molecule has 0 amide bonds. The van der Waals surface area contributed by atoms with E-state index in [1.165, 1.54) is 31.2 Å². The summed E-state index contributed by atoms with van der Waals surface area (Å²) in [6.07, 6.45) is 10.4. The fraction of sp³-hybridized carbons (Fsp3) is 0.500. The van der Waals surface area contributed by atoms with Gasteiger partial charge in [-0.15, -0.1) is 18.8 Å². The predicted octanol–water partition coefficient (Wildman–Crippen LogP) is 3.92. The van der Waals surface area contributed by atoms with E-state index in [0.717, 1.165) is 11.0 Å². The fourth-order valence-electron chi connectivity index (χ4n) is 2.49. The van der Waals surface area contributed by atoms with E-state index in [1.807, 2.05) is 12.1 Å². The molecule has 0 aromatic heterocycles. The average molecular weight is 375 g/mol. The van der Waals surface area contributed by atoms with Gasteiger partial charge in [-0.2, -0.15) is 0 Å². The van der Waals surface area contributed by atoms with Gasteiger partial charge in [-0.1, -0.05) is 34.7 Å². The SMILES string of the molecule is C#CCOc1cc(Br)c(CNC2CCCC2)cc1OC.Cl. The predicted molar refractivity (Wildman–Crippen MR) is 91.4 cm³/mol. The van der Waals surface area contributed by atoms with Crippen molar-refractivity contribution in [1.29, 1.82) is 0 Å². The average Bonchev–Trinajstić information content (AvgIpc) is 2.97. The van der Waals surface area contributed by atoms with E-state index in [2.05, 4.69) is 27.2 Å². The summed E-state index contributed by atoms with van der Waals surface area (Å²) in [5.74, 6) is 3.84. The van der Waals surface area contributed by atoms with Crippen LogP contribution in [0.4, 0.5) is 0 Å². The van der Waals surface area contributed by atoms with Gasteiger partial charge >= 0.3 is 0 Å². The van der Waals surface area contributed by atoms with Gasteiger partial charge in [0, 0.05) is 17.1 Å². The molecule has 1 aliphatic carbocycles. The first-order valence-electron chi connectivity index (χ1n) is 6.90. The molecule has 21 heavy (non-hydrogen) atoms. The zero-order valence-electron chi connectivity index (χ0n) is 12.2. The summed E-state index contributed by atoms with van der Waals surface area (Å²) >= 11 is 3.58. The first kappa shape index (κ1) is 18.2. The molecule has 0 radical (unpaired) electrons. The lowest BCUT2D eigenvalue weighted by Crippen LogP contribution is -2.25. The van der Waals surface area contributed by atoms with Crippen LogP contribution in [-0.2, 0) is 6.54 Å². The first-order valence-corrected chi connectivity index (χ1v) is 7.70. The molecule has 0 spiro atoms. The summed E-state index contributed by atoms with van der Waals surface area (Å²) in [4.78, 5) is 0. The van der Waals surface area contributed by atoms with Gasteiger partial charge in [0.1, 0.15) is 6.61 Å². The lowest BCUT2D eigenvalue weighted by atomic mass is 10.1. The second-order valence-electron chi connectivity index (χ2n) is 4.95. The highest BCUT2D eigenvalue weighted by Gasteiger charge is 2.15. The molecule has 0 atom stereocenters. The molecule has 1 aliphatic rings. The molecular formula is C16H21BrClNO2. The number of benzene rings is 1. The van der Waals surface area contributed by atoms with E-state index in [1.54, 1.807) is 7.11 Å². The maximum absolute atomic E-state index is 5.48. The van der Waals surface area contributed by atoms with Crippen LogP contribution in [0.3, 0.4) is 0 Å². The van der Waals surface area contributed by atoms with Gasteiger partial charge in [0.2, 0.25) is 0 Å². The van der Waals surface area contributed by atoms with Gasteiger partial charge < -0.3 is 14.8 Å². The van der Waals surface area contributed by atoms with Gasteiger partial charge in [-0.3, -0.25) is 0 Å². The molecule has 0 aliphatic heterocycles. The molecule has 1 fully saturated rings. The third-order valence-corrected chi connectivity index (χ3v) is 4.32. The summed E-state index contributed by atoms with van der Waals surface area (Å²) < 4.78 is 11.9. The zero-order valence-corrected chi connectivity index (χ0v) is 14.6. The molecule has 0 saturated heterocycles. The standard InChI is InChI=1S/C16H20BrNO2.ClH/c1-3-8-20-16-10-14(17)12(9-15(16)19-2)11-18-13-6-4-5-7-13;/h1,9-10,13,18H,4-8,11H2,2H3;1H. The normalized spacial score (nSPS) is 14.3. The lowest BCUT2D eigenvalue weighted by Gasteiger charge is -2.15.